The molecule has 1 atom stereocenters. The molecule has 5 heteroatoms. The summed E-state index contributed by atoms with van der Waals surface area (Å²) in [4.78, 5) is 22.2. The molecule has 0 aromatic heterocycles. The van der Waals surface area contributed by atoms with E-state index in [9.17, 15) is 9.59 Å². The van der Waals surface area contributed by atoms with E-state index in [0.717, 1.165) is 0 Å². The summed E-state index contributed by atoms with van der Waals surface area (Å²) in [6.07, 6.45) is 0.00779. The van der Waals surface area contributed by atoms with Crippen molar-refractivity contribution in [3.05, 3.63) is 0 Å². The topological polar surface area (TPSA) is 52.6 Å². The molecule has 0 bridgehead atoms. The van der Waals surface area contributed by atoms with Crippen LogP contribution in [-0.4, -0.2) is 33.3 Å². The van der Waals surface area contributed by atoms with Crippen molar-refractivity contribution in [2.24, 2.45) is 0 Å². The van der Waals surface area contributed by atoms with Gasteiger partial charge in [-0.15, -0.1) is 0 Å². The fourth-order valence-corrected chi connectivity index (χ4v) is 2.30. The van der Waals surface area contributed by atoms with Crippen LogP contribution in [0.2, 0.25) is 18.1 Å². The smallest absolute Gasteiger partial charge is 0.334 e. The van der Waals surface area contributed by atoms with Gasteiger partial charge in [-0.1, -0.05) is 20.8 Å². The van der Waals surface area contributed by atoms with E-state index in [1.54, 1.807) is 6.92 Å². The first-order valence-electron chi connectivity index (χ1n) is 5.93. The quantitative estimate of drug-likeness (QED) is 0.418. The van der Waals surface area contributed by atoms with Gasteiger partial charge in [0, 0.05) is 6.42 Å². The molecule has 100 valence electrons. The Morgan fingerprint density at radius 1 is 1.35 bits per heavy atom. The average Bonchev–Trinajstić information content (AvgIpc) is 2.15. The summed E-state index contributed by atoms with van der Waals surface area (Å²) in [6, 6.07) is 0. The maximum atomic E-state index is 11.7. The molecule has 0 aromatic carbocycles. The van der Waals surface area contributed by atoms with Gasteiger partial charge in [0.25, 0.3) is 0 Å². The van der Waals surface area contributed by atoms with Crippen LogP contribution in [0, 0.1) is 0 Å². The molecule has 0 aromatic rings. The van der Waals surface area contributed by atoms with E-state index in [0.29, 0.717) is 12.9 Å². The van der Waals surface area contributed by atoms with Crippen LogP contribution in [0.25, 0.3) is 0 Å². The number of esters is 1. The van der Waals surface area contributed by atoms with Gasteiger partial charge in [0.05, 0.1) is 6.61 Å². The highest BCUT2D eigenvalue weighted by atomic mass is 28.4. The third-order valence-corrected chi connectivity index (χ3v) is 7.59. The van der Waals surface area contributed by atoms with Crippen molar-refractivity contribution in [3.63, 3.8) is 0 Å². The minimum Gasteiger partial charge on any atom is -0.464 e. The Labute approximate surface area is 105 Å². The predicted octanol–water partition coefficient (Wildman–Crippen LogP) is 2.53. The molecule has 0 aliphatic rings. The van der Waals surface area contributed by atoms with E-state index in [2.05, 4.69) is 20.8 Å². The van der Waals surface area contributed by atoms with Crippen LogP contribution in [0.1, 0.15) is 34.1 Å². The highest BCUT2D eigenvalue weighted by Gasteiger charge is 2.40. The summed E-state index contributed by atoms with van der Waals surface area (Å²) in [6.45, 7) is 12.4. The van der Waals surface area contributed by atoms with Gasteiger partial charge >= 0.3 is 5.97 Å². The Morgan fingerprint density at radius 2 is 1.88 bits per heavy atom. The number of aldehydes is 1. The fourth-order valence-electron chi connectivity index (χ4n) is 1.05. The Morgan fingerprint density at radius 3 is 2.24 bits per heavy atom. The molecule has 0 aliphatic carbocycles. The van der Waals surface area contributed by atoms with Crippen molar-refractivity contribution in [2.75, 3.05) is 6.61 Å². The monoisotopic (exact) mass is 260 g/mol. The minimum atomic E-state index is -2.06. The van der Waals surface area contributed by atoms with E-state index in [-0.39, 0.29) is 11.5 Å². The van der Waals surface area contributed by atoms with E-state index in [1.807, 2.05) is 13.1 Å². The second kappa shape index (κ2) is 6.30. The molecule has 17 heavy (non-hydrogen) atoms. The van der Waals surface area contributed by atoms with Gasteiger partial charge in [0.15, 0.2) is 8.32 Å². The molecular formula is C12H24O4Si. The highest BCUT2D eigenvalue weighted by molar-refractivity contribution is 6.74. The molecule has 0 saturated carbocycles. The first-order valence-corrected chi connectivity index (χ1v) is 8.84. The first kappa shape index (κ1) is 16.3. The Bertz CT molecular complexity index is 268. The second-order valence-electron chi connectivity index (χ2n) is 5.52. The summed E-state index contributed by atoms with van der Waals surface area (Å²) in [5, 5.41) is 0.000624. The van der Waals surface area contributed by atoms with Crippen LogP contribution in [0.15, 0.2) is 0 Å². The van der Waals surface area contributed by atoms with Crippen molar-refractivity contribution < 1.29 is 18.8 Å². The molecule has 0 aliphatic heterocycles. The van der Waals surface area contributed by atoms with Crippen molar-refractivity contribution in [3.8, 4) is 0 Å². The lowest BCUT2D eigenvalue weighted by molar-refractivity contribution is -0.153. The largest absolute Gasteiger partial charge is 0.464 e. The lowest BCUT2D eigenvalue weighted by atomic mass is 10.2. The van der Waals surface area contributed by atoms with Crippen molar-refractivity contribution in [1.29, 1.82) is 0 Å². The molecule has 0 spiro atoms. The van der Waals surface area contributed by atoms with Crippen LogP contribution < -0.4 is 0 Å². The van der Waals surface area contributed by atoms with E-state index < -0.39 is 20.4 Å². The fraction of sp³-hybridized carbons (Fsp3) is 0.833. The summed E-state index contributed by atoms with van der Waals surface area (Å²) >= 11 is 0. The zero-order valence-electron chi connectivity index (χ0n) is 11.7. The summed E-state index contributed by atoms with van der Waals surface area (Å²) in [5.41, 5.74) is 0. The Balaban J connectivity index is 4.75. The lowest BCUT2D eigenvalue weighted by Crippen LogP contribution is -2.46. The predicted molar refractivity (Wildman–Crippen MR) is 69.4 cm³/mol. The molecule has 0 N–H and O–H groups in total. The number of hydrogen-bond acceptors (Lipinski definition) is 4. The van der Waals surface area contributed by atoms with E-state index in [4.69, 9.17) is 9.16 Å². The molecular weight excluding hydrogens is 236 g/mol. The standard InChI is InChI=1S/C12H24O4Si/c1-7-15-11(14)10(8-9-13)16-17(5,6)12(2,3)4/h9-10H,7-8H2,1-6H3. The Kier molecular flexibility index (Phi) is 6.05. The van der Waals surface area contributed by atoms with Crippen LogP contribution in [0.4, 0.5) is 0 Å². The highest BCUT2D eigenvalue weighted by Crippen LogP contribution is 2.37. The number of rotatable bonds is 6. The summed E-state index contributed by atoms with van der Waals surface area (Å²) < 4.78 is 10.8. The molecule has 0 radical (unpaired) electrons. The molecule has 0 fully saturated rings. The zero-order valence-corrected chi connectivity index (χ0v) is 12.7. The number of carbonyl (C=O) groups is 2. The van der Waals surface area contributed by atoms with Gasteiger partial charge < -0.3 is 14.0 Å². The normalized spacial score (nSPS) is 14.2. The van der Waals surface area contributed by atoms with Gasteiger partial charge in [0.2, 0.25) is 0 Å². The van der Waals surface area contributed by atoms with Gasteiger partial charge in [-0.25, -0.2) is 4.79 Å². The van der Waals surface area contributed by atoms with Gasteiger partial charge in [-0.05, 0) is 25.1 Å². The maximum Gasteiger partial charge on any atom is 0.334 e. The molecule has 0 amide bonds. The van der Waals surface area contributed by atoms with Crippen molar-refractivity contribution in [1.82, 2.24) is 0 Å². The number of ether oxygens (including phenoxy) is 1. The molecule has 4 nitrogen and oxygen atoms in total. The van der Waals surface area contributed by atoms with Crippen LogP contribution in [-0.2, 0) is 18.8 Å². The van der Waals surface area contributed by atoms with E-state index >= 15 is 0 Å². The summed E-state index contributed by atoms with van der Waals surface area (Å²) in [7, 11) is -2.06. The van der Waals surface area contributed by atoms with Crippen LogP contribution in [0.5, 0.6) is 0 Å². The molecule has 0 saturated heterocycles. The third-order valence-electron chi connectivity index (χ3n) is 3.10. The number of hydrogen-bond donors (Lipinski definition) is 0. The molecule has 0 heterocycles. The van der Waals surface area contributed by atoms with Crippen LogP contribution >= 0.6 is 0 Å². The lowest BCUT2D eigenvalue weighted by Gasteiger charge is -2.38. The van der Waals surface area contributed by atoms with Gasteiger partial charge in [-0.3, -0.25) is 0 Å². The number of carbonyl (C=O) groups excluding carboxylic acids is 2. The molecule has 1 unspecified atom stereocenters. The maximum absolute atomic E-state index is 11.7. The zero-order chi connectivity index (χ0) is 13.7. The summed E-state index contributed by atoms with van der Waals surface area (Å²) in [5.74, 6) is -0.440. The Hall–Kier alpha value is -0.683. The third kappa shape index (κ3) is 5.00. The van der Waals surface area contributed by atoms with Crippen molar-refractivity contribution >= 4 is 20.6 Å². The van der Waals surface area contributed by atoms with Gasteiger partial charge in [0.1, 0.15) is 12.4 Å². The average molecular weight is 260 g/mol. The SMILES string of the molecule is CCOC(=O)C(CC=O)O[Si](C)(C)C(C)(C)C. The van der Waals surface area contributed by atoms with Crippen LogP contribution in [0.3, 0.4) is 0 Å². The first-order chi connectivity index (χ1) is 7.65. The van der Waals surface area contributed by atoms with Gasteiger partial charge in [-0.2, -0.15) is 0 Å². The minimum absolute atomic E-state index is 0.000624. The van der Waals surface area contributed by atoms with E-state index in [1.165, 1.54) is 0 Å². The van der Waals surface area contributed by atoms with Crippen molar-refractivity contribution in [2.45, 2.75) is 58.4 Å². The molecule has 0 rings (SSSR count). The second-order valence-corrected chi connectivity index (χ2v) is 10.3.